The highest BCUT2D eigenvalue weighted by Gasteiger charge is 2.33. The third-order valence-electron chi connectivity index (χ3n) is 3.71. The fourth-order valence-corrected chi connectivity index (χ4v) is 3.27. The number of hydrogen-bond donors (Lipinski definition) is 2. The number of nitrogens with two attached hydrogens (primary N) is 1. The van der Waals surface area contributed by atoms with Crippen LogP contribution < -0.4 is 5.73 Å². The molecule has 6 heteroatoms. The Bertz CT molecular complexity index is 600. The molecule has 0 bridgehead atoms. The zero-order chi connectivity index (χ0) is 15.4. The van der Waals surface area contributed by atoms with Crippen molar-refractivity contribution in [2.75, 3.05) is 13.2 Å². The third kappa shape index (κ3) is 3.43. The highest BCUT2D eigenvalue weighted by Crippen LogP contribution is 2.26. The van der Waals surface area contributed by atoms with Crippen molar-refractivity contribution in [2.24, 2.45) is 11.7 Å². The number of likely N-dealkylation sites (tertiary alicyclic amines) is 1. The van der Waals surface area contributed by atoms with Crippen molar-refractivity contribution >= 4 is 23.2 Å². The first-order chi connectivity index (χ1) is 10.0. The zero-order valence-electron chi connectivity index (χ0n) is 11.8. The molecule has 2 rings (SSSR count). The summed E-state index contributed by atoms with van der Waals surface area (Å²) in [7, 11) is 0. The van der Waals surface area contributed by atoms with Crippen LogP contribution >= 0.6 is 11.3 Å². The lowest BCUT2D eigenvalue weighted by molar-refractivity contribution is -0.123. The average molecular weight is 306 g/mol. The molecule has 1 aliphatic rings. The minimum absolute atomic E-state index is 0.0776. The number of carbonyl (C=O) groups excluding carboxylic acids is 2. The van der Waals surface area contributed by atoms with Crippen LogP contribution in [0.25, 0.3) is 0 Å². The monoisotopic (exact) mass is 306 g/mol. The summed E-state index contributed by atoms with van der Waals surface area (Å²) in [5.74, 6) is 4.58. The maximum Gasteiger partial charge on any atom is 0.265 e. The van der Waals surface area contributed by atoms with Crippen LogP contribution in [0, 0.1) is 17.8 Å². The Kier molecular flexibility index (Phi) is 4.99. The van der Waals surface area contributed by atoms with Gasteiger partial charge in [-0.1, -0.05) is 11.8 Å². The van der Waals surface area contributed by atoms with Gasteiger partial charge in [0.15, 0.2) is 0 Å². The van der Waals surface area contributed by atoms with Crippen LogP contribution in [0.3, 0.4) is 0 Å². The fourth-order valence-electron chi connectivity index (χ4n) is 2.46. The second-order valence-electron chi connectivity index (χ2n) is 5.11. The molecule has 21 heavy (non-hydrogen) atoms. The minimum Gasteiger partial charge on any atom is -0.384 e. The number of thiophene rings is 1. The van der Waals surface area contributed by atoms with Crippen molar-refractivity contribution < 1.29 is 14.7 Å². The number of amides is 2. The summed E-state index contributed by atoms with van der Waals surface area (Å²) in [4.78, 5) is 26.3. The van der Waals surface area contributed by atoms with Crippen LogP contribution in [0.5, 0.6) is 0 Å². The molecule has 2 unspecified atom stereocenters. The van der Waals surface area contributed by atoms with E-state index >= 15 is 0 Å². The number of aliphatic hydroxyl groups excluding tert-OH is 1. The second-order valence-corrected chi connectivity index (χ2v) is 6.02. The quantitative estimate of drug-likeness (QED) is 0.793. The Hall–Kier alpha value is -1.84. The lowest BCUT2D eigenvalue weighted by Gasteiger charge is -2.36. The van der Waals surface area contributed by atoms with E-state index < -0.39 is 0 Å². The van der Waals surface area contributed by atoms with Gasteiger partial charge in [0.05, 0.1) is 5.92 Å². The predicted octanol–water partition coefficient (Wildman–Crippen LogP) is 0.818. The topological polar surface area (TPSA) is 83.6 Å². The molecule has 1 aliphatic heterocycles. The molecular weight excluding hydrogens is 288 g/mol. The molecule has 1 aromatic heterocycles. The molecule has 1 saturated heterocycles. The first kappa shape index (κ1) is 15.5. The molecule has 2 atom stereocenters. The van der Waals surface area contributed by atoms with Crippen LogP contribution in [0.15, 0.2) is 11.4 Å². The summed E-state index contributed by atoms with van der Waals surface area (Å²) < 4.78 is 0. The molecule has 2 heterocycles. The van der Waals surface area contributed by atoms with Gasteiger partial charge >= 0.3 is 0 Å². The van der Waals surface area contributed by atoms with Crippen molar-refractivity contribution in [2.45, 2.75) is 25.8 Å². The number of piperidine rings is 1. The summed E-state index contributed by atoms with van der Waals surface area (Å²) in [6.07, 6.45) is 1.49. The van der Waals surface area contributed by atoms with E-state index in [9.17, 15) is 9.59 Å². The number of aliphatic hydroxyl groups is 1. The molecule has 0 saturated carbocycles. The van der Waals surface area contributed by atoms with Crippen LogP contribution in [-0.2, 0) is 4.79 Å². The van der Waals surface area contributed by atoms with Crippen LogP contribution in [-0.4, -0.2) is 41.0 Å². The smallest absolute Gasteiger partial charge is 0.265 e. The van der Waals surface area contributed by atoms with Gasteiger partial charge in [-0.05, 0) is 31.2 Å². The molecule has 5 nitrogen and oxygen atoms in total. The zero-order valence-corrected chi connectivity index (χ0v) is 12.7. The van der Waals surface area contributed by atoms with Crippen LogP contribution in [0.4, 0.5) is 0 Å². The molecule has 2 amide bonds. The van der Waals surface area contributed by atoms with Gasteiger partial charge in [-0.15, -0.1) is 11.3 Å². The normalized spacial score (nSPS) is 21.5. The lowest BCUT2D eigenvalue weighted by atomic mass is 9.92. The van der Waals surface area contributed by atoms with Crippen molar-refractivity contribution in [3.63, 3.8) is 0 Å². The van der Waals surface area contributed by atoms with Crippen molar-refractivity contribution in [1.82, 2.24) is 4.90 Å². The number of hydrogen-bond acceptors (Lipinski definition) is 4. The molecule has 0 aliphatic carbocycles. The molecule has 0 spiro atoms. The van der Waals surface area contributed by atoms with Crippen molar-refractivity contribution in [1.29, 1.82) is 0 Å². The number of primary amides is 1. The van der Waals surface area contributed by atoms with E-state index in [1.54, 1.807) is 16.3 Å². The third-order valence-corrected chi connectivity index (χ3v) is 4.61. The number of nitrogens with zero attached hydrogens (tertiary/aromatic N) is 1. The summed E-state index contributed by atoms with van der Waals surface area (Å²) in [6, 6.07) is 1.84. The summed E-state index contributed by atoms with van der Waals surface area (Å²) in [6.45, 7) is 2.09. The van der Waals surface area contributed by atoms with E-state index in [2.05, 4.69) is 11.8 Å². The largest absolute Gasteiger partial charge is 0.384 e. The Labute approximate surface area is 127 Å². The SMILES string of the molecule is CC1CCC(C(N)=O)CN1C(=O)c1sccc1C#CCO. The van der Waals surface area contributed by atoms with Gasteiger partial charge < -0.3 is 15.7 Å². The van der Waals surface area contributed by atoms with E-state index in [1.807, 2.05) is 6.92 Å². The van der Waals surface area contributed by atoms with Gasteiger partial charge in [-0.3, -0.25) is 9.59 Å². The predicted molar refractivity (Wildman–Crippen MR) is 80.7 cm³/mol. The van der Waals surface area contributed by atoms with Gasteiger partial charge in [0, 0.05) is 18.2 Å². The lowest BCUT2D eigenvalue weighted by Crippen LogP contribution is -2.48. The molecule has 1 fully saturated rings. The molecule has 0 aromatic carbocycles. The van der Waals surface area contributed by atoms with Crippen LogP contribution in [0.2, 0.25) is 0 Å². The van der Waals surface area contributed by atoms with Gasteiger partial charge in [0.1, 0.15) is 11.5 Å². The van der Waals surface area contributed by atoms with Crippen molar-refractivity contribution in [3.05, 3.63) is 21.9 Å². The summed E-state index contributed by atoms with van der Waals surface area (Å²) in [5, 5.41) is 10.6. The van der Waals surface area contributed by atoms with E-state index in [1.165, 1.54) is 11.3 Å². The average Bonchev–Trinajstić information content (AvgIpc) is 2.93. The van der Waals surface area contributed by atoms with Crippen LogP contribution in [0.1, 0.15) is 35.0 Å². The molecule has 112 valence electrons. The maximum absolute atomic E-state index is 12.7. The Morgan fingerprint density at radius 3 is 2.95 bits per heavy atom. The van der Waals surface area contributed by atoms with E-state index in [0.29, 0.717) is 17.0 Å². The molecule has 0 radical (unpaired) electrons. The van der Waals surface area contributed by atoms with Gasteiger partial charge in [-0.2, -0.15) is 0 Å². The Morgan fingerprint density at radius 2 is 2.29 bits per heavy atom. The fraction of sp³-hybridized carbons (Fsp3) is 0.467. The van der Waals surface area contributed by atoms with Gasteiger partial charge in [-0.25, -0.2) is 0 Å². The summed E-state index contributed by atoms with van der Waals surface area (Å²) in [5.41, 5.74) is 5.98. The number of rotatable bonds is 2. The van der Waals surface area contributed by atoms with E-state index in [-0.39, 0.29) is 30.4 Å². The number of carbonyl (C=O) groups is 2. The Balaban J connectivity index is 2.22. The van der Waals surface area contributed by atoms with Gasteiger partial charge in [0.25, 0.3) is 5.91 Å². The Morgan fingerprint density at radius 1 is 1.52 bits per heavy atom. The maximum atomic E-state index is 12.7. The highest BCUT2D eigenvalue weighted by atomic mass is 32.1. The molecule has 1 aromatic rings. The van der Waals surface area contributed by atoms with E-state index in [4.69, 9.17) is 10.8 Å². The first-order valence-corrected chi connectivity index (χ1v) is 7.70. The van der Waals surface area contributed by atoms with Crippen molar-refractivity contribution in [3.8, 4) is 11.8 Å². The first-order valence-electron chi connectivity index (χ1n) is 6.82. The second kappa shape index (κ2) is 6.74. The minimum atomic E-state index is -0.355. The molecular formula is C15H18N2O3S. The standard InChI is InChI=1S/C15H18N2O3S/c1-10-4-5-12(14(16)19)9-17(10)15(20)13-11(3-2-7-18)6-8-21-13/h6,8,10,12,18H,4-5,7,9H2,1H3,(H2,16,19). The highest BCUT2D eigenvalue weighted by molar-refractivity contribution is 7.12. The summed E-state index contributed by atoms with van der Waals surface area (Å²) >= 11 is 1.32. The molecule has 3 N–H and O–H groups in total. The van der Waals surface area contributed by atoms with E-state index in [0.717, 1.165) is 12.8 Å². The van der Waals surface area contributed by atoms with Gasteiger partial charge in [0.2, 0.25) is 5.91 Å².